The maximum Gasteiger partial charge on any atom is 0.573 e. The van der Waals surface area contributed by atoms with E-state index in [0.29, 0.717) is 23.5 Å². The molecule has 0 atom stereocenters. The normalized spacial score (nSPS) is 11.5. The number of nitrogens with one attached hydrogen (secondary N) is 1. The molecule has 2 aromatic carbocycles. The molecule has 5 nitrogen and oxygen atoms in total. The van der Waals surface area contributed by atoms with Crippen LogP contribution >= 0.6 is 0 Å². The van der Waals surface area contributed by atoms with Crippen molar-refractivity contribution in [2.75, 3.05) is 0 Å². The Morgan fingerprint density at radius 3 is 2.24 bits per heavy atom. The van der Waals surface area contributed by atoms with Crippen molar-refractivity contribution in [2.45, 2.75) is 26.3 Å². The Kier molecular flexibility index (Phi) is 6.04. The molecular formula is C24H19F4N3O2. The first-order chi connectivity index (χ1) is 15.7. The van der Waals surface area contributed by atoms with Gasteiger partial charge in [0.05, 0.1) is 5.69 Å². The molecule has 170 valence electrons. The predicted octanol–water partition coefficient (Wildman–Crippen LogP) is 5.53. The highest BCUT2D eigenvalue weighted by molar-refractivity contribution is 5.94. The third kappa shape index (κ3) is 5.14. The molecule has 4 aromatic rings. The van der Waals surface area contributed by atoms with Crippen molar-refractivity contribution in [1.29, 1.82) is 0 Å². The number of aryl methyl sites for hydroxylation is 1. The Morgan fingerprint density at radius 1 is 1.00 bits per heavy atom. The molecule has 0 aliphatic carbocycles. The second-order valence-electron chi connectivity index (χ2n) is 7.29. The summed E-state index contributed by atoms with van der Waals surface area (Å²) in [6, 6.07) is 15.6. The minimum atomic E-state index is -4.73. The average molecular weight is 457 g/mol. The van der Waals surface area contributed by atoms with Gasteiger partial charge in [0.1, 0.15) is 22.9 Å². The van der Waals surface area contributed by atoms with E-state index in [1.807, 2.05) is 31.2 Å². The standard InChI is InChI=1S/C24H19F4N3O2/c1-2-20-22(31-14-18(25)9-12-21(31)30-20)23(32)29-13-15-3-5-16(6-4-15)17-7-10-19(11-8-17)33-24(26,27)28/h3-12,14H,2,13H2,1H3,(H,29,32). The molecule has 1 N–H and O–H groups in total. The Hall–Kier alpha value is -3.88. The van der Waals surface area contributed by atoms with Crippen molar-refractivity contribution in [3.63, 3.8) is 0 Å². The number of benzene rings is 2. The second kappa shape index (κ2) is 8.93. The van der Waals surface area contributed by atoms with Gasteiger partial charge in [-0.05, 0) is 47.4 Å². The number of carbonyl (C=O) groups excluding carboxylic acids is 1. The second-order valence-corrected chi connectivity index (χ2v) is 7.29. The summed E-state index contributed by atoms with van der Waals surface area (Å²) in [5.74, 6) is -1.12. The predicted molar refractivity (Wildman–Crippen MR) is 114 cm³/mol. The van der Waals surface area contributed by atoms with E-state index in [9.17, 15) is 22.4 Å². The fourth-order valence-corrected chi connectivity index (χ4v) is 3.48. The van der Waals surface area contributed by atoms with E-state index in [4.69, 9.17) is 0 Å². The molecule has 0 radical (unpaired) electrons. The largest absolute Gasteiger partial charge is 0.573 e. The number of halogens is 4. The molecule has 0 aliphatic rings. The summed E-state index contributed by atoms with van der Waals surface area (Å²) in [7, 11) is 0. The lowest BCUT2D eigenvalue weighted by molar-refractivity contribution is -0.274. The van der Waals surface area contributed by atoms with Crippen molar-refractivity contribution in [2.24, 2.45) is 0 Å². The third-order valence-electron chi connectivity index (χ3n) is 5.03. The van der Waals surface area contributed by atoms with Crippen LogP contribution in [0.4, 0.5) is 17.6 Å². The molecule has 0 unspecified atom stereocenters. The summed E-state index contributed by atoms with van der Waals surface area (Å²) >= 11 is 0. The van der Waals surface area contributed by atoms with Gasteiger partial charge in [0.2, 0.25) is 0 Å². The van der Waals surface area contributed by atoms with Crippen LogP contribution in [0.3, 0.4) is 0 Å². The van der Waals surface area contributed by atoms with Crippen LogP contribution in [-0.2, 0) is 13.0 Å². The minimum absolute atomic E-state index is 0.239. The van der Waals surface area contributed by atoms with Gasteiger partial charge in [0.15, 0.2) is 0 Å². The molecule has 33 heavy (non-hydrogen) atoms. The van der Waals surface area contributed by atoms with Gasteiger partial charge in [0.25, 0.3) is 5.91 Å². The Bertz CT molecular complexity index is 1280. The number of pyridine rings is 1. The van der Waals surface area contributed by atoms with Crippen molar-refractivity contribution >= 4 is 11.6 Å². The molecule has 2 heterocycles. The zero-order valence-corrected chi connectivity index (χ0v) is 17.5. The molecule has 0 bridgehead atoms. The topological polar surface area (TPSA) is 55.6 Å². The highest BCUT2D eigenvalue weighted by Crippen LogP contribution is 2.26. The lowest BCUT2D eigenvalue weighted by Gasteiger charge is -2.10. The Morgan fingerprint density at radius 2 is 1.64 bits per heavy atom. The average Bonchev–Trinajstić information content (AvgIpc) is 3.15. The maximum absolute atomic E-state index is 13.7. The van der Waals surface area contributed by atoms with Crippen LogP contribution < -0.4 is 10.1 Å². The first kappa shape index (κ1) is 22.3. The van der Waals surface area contributed by atoms with E-state index in [1.165, 1.54) is 47.0 Å². The summed E-state index contributed by atoms with van der Waals surface area (Å²) in [6.07, 6.45) is -2.98. The van der Waals surface area contributed by atoms with E-state index in [0.717, 1.165) is 16.7 Å². The lowest BCUT2D eigenvalue weighted by Crippen LogP contribution is -2.25. The number of hydrogen-bond donors (Lipinski definition) is 1. The fraction of sp³-hybridized carbons (Fsp3) is 0.167. The van der Waals surface area contributed by atoms with Gasteiger partial charge in [-0.1, -0.05) is 43.3 Å². The highest BCUT2D eigenvalue weighted by Gasteiger charge is 2.31. The van der Waals surface area contributed by atoms with E-state index in [1.54, 1.807) is 0 Å². The Labute approximate surface area is 186 Å². The molecule has 9 heteroatoms. The third-order valence-corrected chi connectivity index (χ3v) is 5.03. The summed E-state index contributed by atoms with van der Waals surface area (Å²) in [6.45, 7) is 2.11. The summed E-state index contributed by atoms with van der Waals surface area (Å²) in [4.78, 5) is 17.2. The number of carbonyl (C=O) groups is 1. The zero-order valence-electron chi connectivity index (χ0n) is 17.5. The molecule has 0 spiro atoms. The summed E-state index contributed by atoms with van der Waals surface area (Å²) < 4.78 is 55.9. The molecular weight excluding hydrogens is 438 g/mol. The number of ether oxygens (including phenoxy) is 1. The van der Waals surface area contributed by atoms with Gasteiger partial charge in [-0.3, -0.25) is 9.20 Å². The molecule has 0 saturated carbocycles. The Balaban J connectivity index is 1.44. The summed E-state index contributed by atoms with van der Waals surface area (Å²) in [5.41, 5.74) is 3.71. The fourth-order valence-electron chi connectivity index (χ4n) is 3.48. The molecule has 0 saturated heterocycles. The molecule has 2 aromatic heterocycles. The van der Waals surface area contributed by atoms with Crippen molar-refractivity contribution < 1.29 is 27.1 Å². The number of aromatic nitrogens is 2. The van der Waals surface area contributed by atoms with Crippen LogP contribution in [0.1, 0.15) is 28.7 Å². The van der Waals surface area contributed by atoms with Gasteiger partial charge in [-0.25, -0.2) is 9.37 Å². The van der Waals surface area contributed by atoms with Crippen molar-refractivity contribution in [3.8, 4) is 16.9 Å². The highest BCUT2D eigenvalue weighted by atomic mass is 19.4. The number of imidazole rings is 1. The first-order valence-corrected chi connectivity index (χ1v) is 10.1. The van der Waals surface area contributed by atoms with Crippen LogP contribution in [0.15, 0.2) is 66.9 Å². The number of amides is 1. The minimum Gasteiger partial charge on any atom is -0.406 e. The SMILES string of the molecule is CCc1nc2ccc(F)cn2c1C(=O)NCc1ccc(-c2ccc(OC(F)(F)F)cc2)cc1. The number of alkyl halides is 3. The van der Waals surface area contributed by atoms with Crippen LogP contribution in [-0.4, -0.2) is 21.7 Å². The van der Waals surface area contributed by atoms with Crippen LogP contribution in [0.2, 0.25) is 0 Å². The van der Waals surface area contributed by atoms with Gasteiger partial charge in [-0.15, -0.1) is 13.2 Å². The van der Waals surface area contributed by atoms with Crippen molar-refractivity contribution in [1.82, 2.24) is 14.7 Å². The lowest BCUT2D eigenvalue weighted by atomic mass is 10.0. The van der Waals surface area contributed by atoms with E-state index < -0.39 is 12.2 Å². The maximum atomic E-state index is 13.7. The summed E-state index contributed by atoms with van der Waals surface area (Å²) in [5, 5.41) is 2.83. The van der Waals surface area contributed by atoms with E-state index in [-0.39, 0.29) is 18.2 Å². The van der Waals surface area contributed by atoms with E-state index >= 15 is 0 Å². The number of rotatable bonds is 6. The van der Waals surface area contributed by atoms with Gasteiger partial charge >= 0.3 is 6.36 Å². The molecule has 1 amide bonds. The molecule has 0 aliphatic heterocycles. The number of fused-ring (bicyclic) bond motifs is 1. The molecule has 4 rings (SSSR count). The monoisotopic (exact) mass is 457 g/mol. The van der Waals surface area contributed by atoms with Crippen LogP contribution in [0.5, 0.6) is 5.75 Å². The van der Waals surface area contributed by atoms with Crippen LogP contribution in [0, 0.1) is 5.82 Å². The molecule has 0 fully saturated rings. The van der Waals surface area contributed by atoms with Crippen molar-refractivity contribution in [3.05, 3.63) is 89.6 Å². The van der Waals surface area contributed by atoms with Gasteiger partial charge < -0.3 is 10.1 Å². The first-order valence-electron chi connectivity index (χ1n) is 10.1. The smallest absolute Gasteiger partial charge is 0.406 e. The van der Waals surface area contributed by atoms with Gasteiger partial charge in [0, 0.05) is 12.7 Å². The van der Waals surface area contributed by atoms with Gasteiger partial charge in [-0.2, -0.15) is 0 Å². The van der Waals surface area contributed by atoms with Crippen LogP contribution in [0.25, 0.3) is 16.8 Å². The zero-order chi connectivity index (χ0) is 23.6. The quantitative estimate of drug-likeness (QED) is 0.388. The van der Waals surface area contributed by atoms with E-state index in [2.05, 4.69) is 15.0 Å². The number of nitrogens with zero attached hydrogens (tertiary/aromatic N) is 2. The number of hydrogen-bond acceptors (Lipinski definition) is 3.